The van der Waals surface area contributed by atoms with Gasteiger partial charge in [0.15, 0.2) is 0 Å². The molecule has 0 N–H and O–H groups in total. The zero-order chi connectivity index (χ0) is 37.6. The second-order valence-electron chi connectivity index (χ2n) is 15.0. The van der Waals surface area contributed by atoms with Crippen LogP contribution in [0.5, 0.6) is 0 Å². The summed E-state index contributed by atoms with van der Waals surface area (Å²) in [6.45, 7) is 5.20. The van der Waals surface area contributed by atoms with E-state index in [0.717, 1.165) is 22.5 Å². The van der Waals surface area contributed by atoms with Gasteiger partial charge in [-0.15, -0.1) is 0 Å². The van der Waals surface area contributed by atoms with E-state index in [0.29, 0.717) is 12.6 Å². The van der Waals surface area contributed by atoms with Crippen LogP contribution in [0.1, 0.15) is 47.6 Å². The van der Waals surface area contributed by atoms with Crippen LogP contribution in [0.2, 0.25) is 0 Å². The predicted molar refractivity (Wildman–Crippen MR) is 233 cm³/mol. The SMILES string of the molecule is CC(C)c1ccnc(-n2c3ccccc3c3ccc(C(c4ccccc4)(c4ccccc4)c4cccc(N5CN(c6ccccc6)c6ccccc65)c4)cc32)c1. The molecule has 0 atom stereocenters. The average Bonchev–Trinajstić information content (AvgIpc) is 3.82. The Morgan fingerprint density at radius 3 is 1.71 bits per heavy atom. The van der Waals surface area contributed by atoms with Gasteiger partial charge in [-0.2, -0.15) is 0 Å². The van der Waals surface area contributed by atoms with E-state index in [4.69, 9.17) is 4.98 Å². The summed E-state index contributed by atoms with van der Waals surface area (Å²) in [6, 6.07) is 70.9. The molecule has 0 aliphatic carbocycles. The van der Waals surface area contributed by atoms with Crippen LogP contribution in [0.3, 0.4) is 0 Å². The molecule has 56 heavy (non-hydrogen) atoms. The average molecular weight is 723 g/mol. The van der Waals surface area contributed by atoms with E-state index in [2.05, 4.69) is 222 Å². The van der Waals surface area contributed by atoms with E-state index >= 15 is 0 Å². The smallest absolute Gasteiger partial charge is 0.137 e. The van der Waals surface area contributed by atoms with Crippen molar-refractivity contribution in [2.75, 3.05) is 16.5 Å². The third-order valence-electron chi connectivity index (χ3n) is 11.6. The third kappa shape index (κ3) is 5.40. The maximum Gasteiger partial charge on any atom is 0.137 e. The van der Waals surface area contributed by atoms with E-state index in [1.807, 2.05) is 6.20 Å². The number of aromatic nitrogens is 2. The van der Waals surface area contributed by atoms with Crippen molar-refractivity contribution in [3.05, 3.63) is 228 Å². The molecule has 1 aliphatic rings. The van der Waals surface area contributed by atoms with Gasteiger partial charge in [-0.1, -0.05) is 147 Å². The minimum atomic E-state index is -0.653. The fourth-order valence-electron chi connectivity index (χ4n) is 8.91. The first-order valence-corrected chi connectivity index (χ1v) is 19.5. The molecule has 0 amide bonds. The third-order valence-corrected chi connectivity index (χ3v) is 11.6. The molecular weight excluding hydrogens is 681 g/mol. The van der Waals surface area contributed by atoms with Crippen LogP contribution in [-0.2, 0) is 5.41 Å². The first-order chi connectivity index (χ1) is 27.6. The Hall–Kier alpha value is -6.91. The molecule has 0 bridgehead atoms. The highest BCUT2D eigenvalue weighted by molar-refractivity contribution is 6.09. The van der Waals surface area contributed by atoms with Gasteiger partial charge in [0.25, 0.3) is 0 Å². The van der Waals surface area contributed by atoms with Gasteiger partial charge < -0.3 is 9.80 Å². The molecule has 2 aromatic heterocycles. The molecule has 0 radical (unpaired) electrons. The van der Waals surface area contributed by atoms with E-state index < -0.39 is 5.41 Å². The highest BCUT2D eigenvalue weighted by Gasteiger charge is 2.40. The minimum Gasteiger partial charge on any atom is -0.321 e. The first-order valence-electron chi connectivity index (χ1n) is 19.5. The molecule has 10 rings (SSSR count). The van der Waals surface area contributed by atoms with Crippen molar-refractivity contribution in [1.82, 2.24) is 9.55 Å². The Morgan fingerprint density at radius 2 is 1.02 bits per heavy atom. The molecule has 7 aromatic carbocycles. The summed E-state index contributed by atoms with van der Waals surface area (Å²) in [7, 11) is 0. The quantitative estimate of drug-likeness (QED) is 0.146. The van der Waals surface area contributed by atoms with Crippen LogP contribution >= 0.6 is 0 Å². The molecule has 1 aliphatic heterocycles. The van der Waals surface area contributed by atoms with Crippen LogP contribution < -0.4 is 9.80 Å². The summed E-state index contributed by atoms with van der Waals surface area (Å²) >= 11 is 0. The van der Waals surface area contributed by atoms with E-state index in [-0.39, 0.29) is 0 Å². The largest absolute Gasteiger partial charge is 0.321 e. The van der Waals surface area contributed by atoms with Crippen LogP contribution in [-0.4, -0.2) is 16.2 Å². The lowest BCUT2D eigenvalue weighted by molar-refractivity contribution is 0.745. The first kappa shape index (κ1) is 33.6. The van der Waals surface area contributed by atoms with Crippen LogP contribution in [0.4, 0.5) is 22.7 Å². The maximum absolute atomic E-state index is 4.99. The van der Waals surface area contributed by atoms with E-state index in [9.17, 15) is 0 Å². The standard InChI is InChI=1S/C52H42N4/c1-37(2)38-31-32-53-51(33-38)56-47-26-13-12-25-45(47)46-30-29-42(35-50(46)56)52(39-17-6-3-7-18-39,40-19-8-4-9-20-40)41-21-16-24-44(34-41)55-36-54(43-22-10-5-11-23-43)48-27-14-15-28-49(48)55/h3-35,37H,36H2,1-2H3. The number of rotatable bonds is 8. The predicted octanol–water partition coefficient (Wildman–Crippen LogP) is 12.9. The van der Waals surface area contributed by atoms with Crippen molar-refractivity contribution in [2.24, 2.45) is 0 Å². The van der Waals surface area contributed by atoms with Crippen molar-refractivity contribution < 1.29 is 0 Å². The summed E-state index contributed by atoms with van der Waals surface area (Å²) in [5, 5.41) is 2.42. The minimum absolute atomic E-state index is 0.388. The van der Waals surface area contributed by atoms with Gasteiger partial charge in [0.2, 0.25) is 0 Å². The molecule has 4 nitrogen and oxygen atoms in total. The fraction of sp³-hybridized carbons (Fsp3) is 0.0962. The molecule has 0 unspecified atom stereocenters. The number of pyridine rings is 1. The van der Waals surface area contributed by atoms with Gasteiger partial charge in [0.1, 0.15) is 12.5 Å². The van der Waals surface area contributed by atoms with Gasteiger partial charge in [0, 0.05) is 28.3 Å². The Kier molecular flexibility index (Phi) is 8.26. The summed E-state index contributed by atoms with van der Waals surface area (Å²) in [6.07, 6.45) is 1.95. The van der Waals surface area contributed by atoms with E-state index in [1.165, 1.54) is 55.7 Å². The molecule has 4 heteroatoms. The van der Waals surface area contributed by atoms with Gasteiger partial charge in [-0.25, -0.2) is 4.98 Å². The zero-order valence-electron chi connectivity index (χ0n) is 31.6. The van der Waals surface area contributed by atoms with Crippen molar-refractivity contribution in [3.8, 4) is 5.82 Å². The van der Waals surface area contributed by atoms with Crippen molar-refractivity contribution >= 4 is 44.6 Å². The van der Waals surface area contributed by atoms with Gasteiger partial charge >= 0.3 is 0 Å². The highest BCUT2D eigenvalue weighted by atomic mass is 15.4. The Balaban J connectivity index is 1.23. The molecule has 9 aromatic rings. The lowest BCUT2D eigenvalue weighted by Gasteiger charge is -2.37. The molecule has 3 heterocycles. The summed E-state index contributed by atoms with van der Waals surface area (Å²) in [4.78, 5) is 9.83. The molecule has 0 saturated carbocycles. The summed E-state index contributed by atoms with van der Waals surface area (Å²) in [5.41, 5.74) is 12.4. The number of anilines is 4. The Morgan fingerprint density at radius 1 is 0.464 bits per heavy atom. The number of hydrogen-bond acceptors (Lipinski definition) is 3. The lowest BCUT2D eigenvalue weighted by atomic mass is 9.65. The Bertz CT molecular complexity index is 2780. The van der Waals surface area contributed by atoms with Crippen LogP contribution in [0.15, 0.2) is 200 Å². The number of para-hydroxylation sites is 4. The normalized spacial score (nSPS) is 12.8. The van der Waals surface area contributed by atoms with Gasteiger partial charge in [-0.3, -0.25) is 4.57 Å². The Labute approximate surface area is 328 Å². The van der Waals surface area contributed by atoms with Gasteiger partial charge in [-0.05, 0) is 94.4 Å². The monoisotopic (exact) mass is 722 g/mol. The van der Waals surface area contributed by atoms with E-state index in [1.54, 1.807) is 0 Å². The second kappa shape index (κ2) is 13.7. The number of hydrogen-bond donors (Lipinski definition) is 0. The van der Waals surface area contributed by atoms with Crippen LogP contribution in [0, 0.1) is 0 Å². The number of nitrogens with zero attached hydrogens (tertiary/aromatic N) is 4. The number of fused-ring (bicyclic) bond motifs is 4. The number of benzene rings is 7. The topological polar surface area (TPSA) is 24.3 Å². The highest BCUT2D eigenvalue weighted by Crippen LogP contribution is 2.49. The lowest BCUT2D eigenvalue weighted by Crippen LogP contribution is -2.31. The fourth-order valence-corrected chi connectivity index (χ4v) is 8.91. The summed E-state index contributed by atoms with van der Waals surface area (Å²) < 4.78 is 2.36. The van der Waals surface area contributed by atoms with Crippen molar-refractivity contribution in [2.45, 2.75) is 25.2 Å². The summed E-state index contributed by atoms with van der Waals surface area (Å²) in [5.74, 6) is 1.32. The molecular formula is C52H42N4. The molecule has 0 saturated heterocycles. The van der Waals surface area contributed by atoms with Gasteiger partial charge in [0.05, 0.1) is 27.8 Å². The van der Waals surface area contributed by atoms with Crippen molar-refractivity contribution in [1.29, 1.82) is 0 Å². The molecule has 270 valence electrons. The molecule has 0 spiro atoms. The van der Waals surface area contributed by atoms with Crippen LogP contribution in [0.25, 0.3) is 27.6 Å². The maximum atomic E-state index is 4.99. The molecule has 0 fully saturated rings. The zero-order valence-corrected chi connectivity index (χ0v) is 31.6. The second-order valence-corrected chi connectivity index (χ2v) is 15.0. The van der Waals surface area contributed by atoms with Crippen molar-refractivity contribution in [3.63, 3.8) is 0 Å².